The maximum absolute atomic E-state index is 11.9. The molecule has 0 aliphatic heterocycles. The summed E-state index contributed by atoms with van der Waals surface area (Å²) in [6, 6.07) is 10.7. The van der Waals surface area contributed by atoms with E-state index in [0.29, 0.717) is 28.4 Å². The van der Waals surface area contributed by atoms with Gasteiger partial charge in [-0.25, -0.2) is 4.98 Å². The van der Waals surface area contributed by atoms with Gasteiger partial charge >= 0.3 is 5.97 Å². The summed E-state index contributed by atoms with van der Waals surface area (Å²) < 4.78 is 11.1. The van der Waals surface area contributed by atoms with Crippen molar-refractivity contribution in [1.29, 1.82) is 0 Å². The van der Waals surface area contributed by atoms with Gasteiger partial charge in [0.2, 0.25) is 5.89 Å². The minimum atomic E-state index is -0.560. The van der Waals surface area contributed by atoms with Gasteiger partial charge in [-0.1, -0.05) is 6.07 Å². The zero-order valence-electron chi connectivity index (χ0n) is 12.7. The highest BCUT2D eigenvalue weighted by molar-refractivity contribution is 5.81. The lowest BCUT2D eigenvalue weighted by atomic mass is 9.97. The molecule has 0 aliphatic rings. The number of hydrogen-bond donors (Lipinski definition) is 0. The first kappa shape index (κ1) is 14.3. The molecule has 5 nitrogen and oxygen atoms in total. The molecule has 0 bridgehead atoms. The van der Waals surface area contributed by atoms with Crippen molar-refractivity contribution >= 4 is 17.1 Å². The van der Waals surface area contributed by atoms with Crippen molar-refractivity contribution in [1.82, 2.24) is 9.97 Å². The standard InChI is InChI=1S/C17H16N2O3/c1-17(2,3)16(20)21-11-7-8-12-14(10-11)22-15(19-12)13-6-4-5-9-18-13/h4-10H,1-3H3. The van der Waals surface area contributed by atoms with E-state index in [-0.39, 0.29) is 5.97 Å². The Kier molecular flexibility index (Phi) is 3.41. The van der Waals surface area contributed by atoms with Crippen LogP contribution in [-0.4, -0.2) is 15.9 Å². The van der Waals surface area contributed by atoms with Gasteiger partial charge in [0, 0.05) is 12.3 Å². The second-order valence-corrected chi connectivity index (χ2v) is 6.00. The fourth-order valence-corrected chi connectivity index (χ4v) is 1.83. The third-order valence-corrected chi connectivity index (χ3v) is 3.07. The maximum Gasteiger partial charge on any atom is 0.316 e. The van der Waals surface area contributed by atoms with E-state index in [1.54, 1.807) is 24.4 Å². The third-order valence-electron chi connectivity index (χ3n) is 3.07. The Morgan fingerprint density at radius 3 is 2.68 bits per heavy atom. The van der Waals surface area contributed by atoms with Crippen LogP contribution in [0.3, 0.4) is 0 Å². The van der Waals surface area contributed by atoms with Crippen molar-refractivity contribution in [2.45, 2.75) is 20.8 Å². The van der Waals surface area contributed by atoms with E-state index in [0.717, 1.165) is 0 Å². The molecule has 0 unspecified atom stereocenters. The third kappa shape index (κ3) is 2.83. The van der Waals surface area contributed by atoms with Gasteiger partial charge < -0.3 is 9.15 Å². The van der Waals surface area contributed by atoms with Crippen molar-refractivity contribution in [2.24, 2.45) is 5.41 Å². The molecule has 0 aliphatic carbocycles. The fourth-order valence-electron chi connectivity index (χ4n) is 1.83. The van der Waals surface area contributed by atoms with Crippen molar-refractivity contribution in [2.75, 3.05) is 0 Å². The predicted octanol–water partition coefficient (Wildman–Crippen LogP) is 3.84. The second kappa shape index (κ2) is 5.26. The van der Waals surface area contributed by atoms with Gasteiger partial charge in [-0.15, -0.1) is 0 Å². The Balaban J connectivity index is 1.92. The van der Waals surface area contributed by atoms with E-state index in [2.05, 4.69) is 9.97 Å². The lowest BCUT2D eigenvalue weighted by molar-refractivity contribution is -0.142. The average Bonchev–Trinajstić information content (AvgIpc) is 2.90. The van der Waals surface area contributed by atoms with E-state index in [1.165, 1.54) is 0 Å². The number of carbonyl (C=O) groups excluding carboxylic acids is 1. The van der Waals surface area contributed by atoms with Gasteiger partial charge in [-0.3, -0.25) is 9.78 Å². The molecule has 22 heavy (non-hydrogen) atoms. The molecule has 0 spiro atoms. The molecule has 0 atom stereocenters. The number of ether oxygens (including phenoxy) is 1. The highest BCUT2D eigenvalue weighted by Crippen LogP contribution is 2.27. The molecule has 0 saturated carbocycles. The number of hydrogen-bond acceptors (Lipinski definition) is 5. The molecule has 0 amide bonds. The van der Waals surface area contributed by atoms with Crippen molar-refractivity contribution in [3.63, 3.8) is 0 Å². The lowest BCUT2D eigenvalue weighted by Gasteiger charge is -2.15. The summed E-state index contributed by atoms with van der Waals surface area (Å²) in [6.45, 7) is 5.42. The fraction of sp³-hybridized carbons (Fsp3) is 0.235. The number of benzene rings is 1. The quantitative estimate of drug-likeness (QED) is 0.531. The minimum Gasteiger partial charge on any atom is -0.435 e. The lowest BCUT2D eigenvalue weighted by Crippen LogP contribution is -2.25. The number of nitrogens with zero attached hydrogens (tertiary/aromatic N) is 2. The number of aromatic nitrogens is 2. The Morgan fingerprint density at radius 1 is 1.18 bits per heavy atom. The zero-order chi connectivity index (χ0) is 15.7. The number of carbonyl (C=O) groups is 1. The van der Waals surface area contributed by atoms with Crippen LogP contribution in [0.4, 0.5) is 0 Å². The number of fused-ring (bicyclic) bond motifs is 1. The molecular weight excluding hydrogens is 280 g/mol. The Bertz CT molecular complexity index is 817. The summed E-state index contributed by atoms with van der Waals surface area (Å²) in [6.07, 6.45) is 1.68. The molecule has 112 valence electrons. The summed E-state index contributed by atoms with van der Waals surface area (Å²) in [5.41, 5.74) is 1.35. The highest BCUT2D eigenvalue weighted by Gasteiger charge is 2.24. The van der Waals surface area contributed by atoms with Crippen LogP contribution in [-0.2, 0) is 4.79 Å². The van der Waals surface area contributed by atoms with Crippen LogP contribution in [0.5, 0.6) is 5.75 Å². The average molecular weight is 296 g/mol. The second-order valence-electron chi connectivity index (χ2n) is 6.00. The first-order valence-electron chi connectivity index (χ1n) is 6.98. The van der Waals surface area contributed by atoms with E-state index >= 15 is 0 Å². The van der Waals surface area contributed by atoms with Crippen molar-refractivity contribution in [3.8, 4) is 17.3 Å². The van der Waals surface area contributed by atoms with Gasteiger partial charge in [0.25, 0.3) is 0 Å². The van der Waals surface area contributed by atoms with E-state index < -0.39 is 5.41 Å². The van der Waals surface area contributed by atoms with E-state index in [4.69, 9.17) is 9.15 Å². The summed E-state index contributed by atoms with van der Waals surface area (Å²) >= 11 is 0. The van der Waals surface area contributed by atoms with Crippen molar-refractivity contribution < 1.29 is 13.9 Å². The minimum absolute atomic E-state index is 0.295. The first-order valence-corrected chi connectivity index (χ1v) is 6.98. The topological polar surface area (TPSA) is 65.2 Å². The smallest absolute Gasteiger partial charge is 0.316 e. The molecule has 2 aromatic heterocycles. The monoisotopic (exact) mass is 296 g/mol. The summed E-state index contributed by atoms with van der Waals surface area (Å²) in [5.74, 6) is 0.586. The summed E-state index contributed by atoms with van der Waals surface area (Å²) in [4.78, 5) is 20.5. The Hall–Kier alpha value is -2.69. The molecular formula is C17H16N2O3. The number of pyridine rings is 1. The van der Waals surface area contributed by atoms with Crippen LogP contribution in [0.25, 0.3) is 22.7 Å². The van der Waals surface area contributed by atoms with E-state index in [9.17, 15) is 4.79 Å². The van der Waals surface area contributed by atoms with Gasteiger partial charge in [-0.2, -0.15) is 0 Å². The Morgan fingerprint density at radius 2 is 2.00 bits per heavy atom. The molecule has 1 aromatic carbocycles. The molecule has 0 fully saturated rings. The molecule has 5 heteroatoms. The number of oxazole rings is 1. The zero-order valence-corrected chi connectivity index (χ0v) is 12.7. The molecule has 0 saturated heterocycles. The normalized spacial score (nSPS) is 11.6. The van der Waals surface area contributed by atoms with Gasteiger partial charge in [-0.05, 0) is 45.0 Å². The maximum atomic E-state index is 11.9. The van der Waals surface area contributed by atoms with Crippen LogP contribution >= 0.6 is 0 Å². The first-order chi connectivity index (χ1) is 10.4. The van der Waals surface area contributed by atoms with Gasteiger partial charge in [0.1, 0.15) is 17.0 Å². The Labute approximate surface area is 128 Å². The van der Waals surface area contributed by atoms with E-state index in [1.807, 2.05) is 39.0 Å². The van der Waals surface area contributed by atoms with Crippen LogP contribution < -0.4 is 4.74 Å². The number of esters is 1. The van der Waals surface area contributed by atoms with Crippen LogP contribution in [0.2, 0.25) is 0 Å². The largest absolute Gasteiger partial charge is 0.435 e. The van der Waals surface area contributed by atoms with Gasteiger partial charge in [0.05, 0.1) is 5.41 Å². The summed E-state index contributed by atoms with van der Waals surface area (Å²) in [5, 5.41) is 0. The van der Waals surface area contributed by atoms with Crippen molar-refractivity contribution in [3.05, 3.63) is 42.6 Å². The predicted molar refractivity (Wildman–Crippen MR) is 82.3 cm³/mol. The molecule has 3 aromatic rings. The molecule has 0 N–H and O–H groups in total. The molecule has 3 rings (SSSR count). The van der Waals surface area contributed by atoms with Crippen LogP contribution in [0, 0.1) is 5.41 Å². The number of rotatable bonds is 2. The van der Waals surface area contributed by atoms with Crippen LogP contribution in [0.15, 0.2) is 47.0 Å². The molecule has 2 heterocycles. The van der Waals surface area contributed by atoms with Gasteiger partial charge in [0.15, 0.2) is 5.58 Å². The summed E-state index contributed by atoms with van der Waals surface area (Å²) in [7, 11) is 0. The molecule has 0 radical (unpaired) electrons. The van der Waals surface area contributed by atoms with Crippen LogP contribution in [0.1, 0.15) is 20.8 Å². The SMILES string of the molecule is CC(C)(C)C(=O)Oc1ccc2nc(-c3ccccn3)oc2c1. The highest BCUT2D eigenvalue weighted by atomic mass is 16.5.